The minimum absolute atomic E-state index is 0.0779. The lowest BCUT2D eigenvalue weighted by molar-refractivity contribution is -0.145. The van der Waals surface area contributed by atoms with Crippen LogP contribution in [0.4, 0.5) is 8.78 Å². The molecule has 2 aromatic carbocycles. The molecule has 0 radical (unpaired) electrons. The number of rotatable bonds is 5. The molecule has 6 nitrogen and oxygen atoms in total. The molecule has 2 bridgehead atoms. The highest BCUT2D eigenvalue weighted by atomic mass is 35.5. The minimum Gasteiger partial charge on any atom is -0.465 e. The molecule has 0 saturated carbocycles. The fourth-order valence-electron chi connectivity index (χ4n) is 4.80. The highest BCUT2D eigenvalue weighted by Gasteiger charge is 2.43. The summed E-state index contributed by atoms with van der Waals surface area (Å²) in [5, 5.41) is 0.565. The van der Waals surface area contributed by atoms with Gasteiger partial charge in [-0.15, -0.1) is 0 Å². The van der Waals surface area contributed by atoms with Crippen LogP contribution in [-0.4, -0.2) is 40.2 Å². The molecule has 1 aromatic heterocycles. The Morgan fingerprint density at radius 3 is 2.90 bits per heavy atom. The Morgan fingerprint density at radius 1 is 1.29 bits per heavy atom. The molecule has 9 heteroatoms. The van der Waals surface area contributed by atoms with E-state index in [2.05, 4.69) is 0 Å². The van der Waals surface area contributed by atoms with E-state index in [-0.39, 0.29) is 30.3 Å². The molecular weight excluding hydrogens is 428 g/mol. The van der Waals surface area contributed by atoms with Crippen LogP contribution in [0, 0.1) is 0 Å². The van der Waals surface area contributed by atoms with E-state index >= 15 is 0 Å². The van der Waals surface area contributed by atoms with Gasteiger partial charge in [0.15, 0.2) is 0 Å². The average Bonchev–Trinajstić information content (AvgIpc) is 3.19. The van der Waals surface area contributed by atoms with Crippen molar-refractivity contribution in [2.45, 2.75) is 38.6 Å². The smallest absolute Gasteiger partial charge is 0.387 e. The maximum absolute atomic E-state index is 13.2. The average molecular weight is 448 g/mol. The molecule has 2 aliphatic rings. The highest BCUT2D eigenvalue weighted by molar-refractivity contribution is 6.31. The third-order valence-corrected chi connectivity index (χ3v) is 6.13. The van der Waals surface area contributed by atoms with Crippen molar-refractivity contribution in [3.05, 3.63) is 58.4 Å². The second kappa shape index (κ2) is 7.76. The molecule has 3 heterocycles. The summed E-state index contributed by atoms with van der Waals surface area (Å²) in [6.07, 6.45) is 0.584. The monoisotopic (exact) mass is 447 g/mol. The van der Waals surface area contributed by atoms with Gasteiger partial charge in [-0.2, -0.15) is 8.78 Å². The molecule has 0 aliphatic carbocycles. The standard InChI is InChI=1S/C22H20ClF2N3O3/c1-2-30-19(29)11-27-10-12-4-3-5-18(31-22(24)25)20(12)16-9-17(27)21-26-14-7-6-13(23)8-15(14)28(16)21/h3-8,16-17,22H,2,9-11H2,1H3/t16-,17-/m1/s1. The molecule has 5 rings (SSSR count). The number of carbonyl (C=O) groups excluding carboxylic acids is 1. The number of ether oxygens (including phenoxy) is 2. The first-order valence-corrected chi connectivity index (χ1v) is 10.5. The second-order valence-electron chi connectivity index (χ2n) is 7.66. The second-order valence-corrected chi connectivity index (χ2v) is 8.09. The maximum atomic E-state index is 13.2. The van der Waals surface area contributed by atoms with Gasteiger partial charge in [0, 0.05) is 17.1 Å². The summed E-state index contributed by atoms with van der Waals surface area (Å²) in [5.41, 5.74) is 3.12. The summed E-state index contributed by atoms with van der Waals surface area (Å²) >= 11 is 6.25. The first-order chi connectivity index (χ1) is 15.0. The number of nitrogens with zero attached hydrogens (tertiary/aromatic N) is 3. The molecule has 0 N–H and O–H groups in total. The normalized spacial score (nSPS) is 19.9. The van der Waals surface area contributed by atoms with Crippen molar-refractivity contribution in [2.75, 3.05) is 13.2 Å². The molecular formula is C22H20ClF2N3O3. The van der Waals surface area contributed by atoms with Crippen LogP contribution in [0.1, 0.15) is 42.4 Å². The Hall–Kier alpha value is -2.71. The Bertz CT molecular complexity index is 1170. The van der Waals surface area contributed by atoms with Gasteiger partial charge in [-0.1, -0.05) is 23.7 Å². The van der Waals surface area contributed by atoms with Crippen LogP contribution in [0.2, 0.25) is 5.02 Å². The first kappa shape index (κ1) is 20.2. The van der Waals surface area contributed by atoms with Crippen LogP contribution < -0.4 is 4.74 Å². The van der Waals surface area contributed by atoms with Gasteiger partial charge in [-0.25, -0.2) is 4.98 Å². The van der Waals surface area contributed by atoms with Crippen LogP contribution in [0.15, 0.2) is 36.4 Å². The van der Waals surface area contributed by atoms with E-state index in [0.29, 0.717) is 30.2 Å². The van der Waals surface area contributed by atoms with E-state index in [1.165, 1.54) is 0 Å². The fraction of sp³-hybridized carbons (Fsp3) is 0.364. The summed E-state index contributed by atoms with van der Waals surface area (Å²) in [7, 11) is 0. The number of aromatic nitrogens is 2. The molecule has 2 aliphatic heterocycles. The third kappa shape index (κ3) is 3.43. The first-order valence-electron chi connectivity index (χ1n) is 10.1. The summed E-state index contributed by atoms with van der Waals surface area (Å²) in [6.45, 7) is -0.400. The van der Waals surface area contributed by atoms with Gasteiger partial charge in [0.25, 0.3) is 0 Å². The van der Waals surface area contributed by atoms with Crippen LogP contribution in [0.3, 0.4) is 0 Å². The SMILES string of the molecule is CCOC(=O)CN1Cc2cccc(OC(F)F)c2[C@H]2C[C@@H]1c1nc3ccc(Cl)cc3n12. The lowest BCUT2D eigenvalue weighted by Crippen LogP contribution is -2.33. The van der Waals surface area contributed by atoms with Gasteiger partial charge in [0.1, 0.15) is 11.6 Å². The number of hydrogen-bond donors (Lipinski definition) is 0. The van der Waals surface area contributed by atoms with Gasteiger partial charge < -0.3 is 14.0 Å². The molecule has 0 unspecified atom stereocenters. The van der Waals surface area contributed by atoms with Crippen molar-refractivity contribution in [1.29, 1.82) is 0 Å². The molecule has 0 saturated heterocycles. The van der Waals surface area contributed by atoms with Crippen molar-refractivity contribution in [3.63, 3.8) is 0 Å². The van der Waals surface area contributed by atoms with Crippen LogP contribution >= 0.6 is 11.6 Å². The number of benzene rings is 2. The topological polar surface area (TPSA) is 56.6 Å². The zero-order chi connectivity index (χ0) is 21.7. The largest absolute Gasteiger partial charge is 0.465 e. The van der Waals surface area contributed by atoms with Crippen molar-refractivity contribution >= 4 is 28.6 Å². The fourth-order valence-corrected chi connectivity index (χ4v) is 4.97. The predicted octanol–water partition coefficient (Wildman–Crippen LogP) is 4.70. The van der Waals surface area contributed by atoms with Gasteiger partial charge in [-0.05, 0) is 43.2 Å². The Morgan fingerprint density at radius 2 is 2.13 bits per heavy atom. The molecule has 0 amide bonds. The summed E-state index contributed by atoms with van der Waals surface area (Å²) < 4.78 is 38.5. The number of halogens is 3. The van der Waals surface area contributed by atoms with E-state index in [1.54, 1.807) is 25.1 Å². The van der Waals surface area contributed by atoms with Crippen LogP contribution in [-0.2, 0) is 16.1 Å². The number of imidazole rings is 1. The van der Waals surface area contributed by atoms with E-state index in [9.17, 15) is 13.6 Å². The highest BCUT2D eigenvalue weighted by Crippen LogP contribution is 2.50. The molecule has 0 spiro atoms. The molecule has 2 atom stereocenters. The van der Waals surface area contributed by atoms with Crippen LogP contribution in [0.5, 0.6) is 5.75 Å². The van der Waals surface area contributed by atoms with Crippen molar-refractivity contribution in [1.82, 2.24) is 14.5 Å². The van der Waals surface area contributed by atoms with E-state index < -0.39 is 6.61 Å². The van der Waals surface area contributed by atoms with Gasteiger partial charge >= 0.3 is 12.6 Å². The minimum atomic E-state index is -2.93. The number of fused-ring (bicyclic) bond motifs is 9. The Balaban J connectivity index is 1.70. The lowest BCUT2D eigenvalue weighted by Gasteiger charge is -2.27. The van der Waals surface area contributed by atoms with Gasteiger partial charge in [0.2, 0.25) is 0 Å². The molecule has 31 heavy (non-hydrogen) atoms. The van der Waals surface area contributed by atoms with Gasteiger partial charge in [-0.3, -0.25) is 9.69 Å². The summed E-state index contributed by atoms with van der Waals surface area (Å²) in [5.74, 6) is 0.593. The Labute approximate surface area is 182 Å². The maximum Gasteiger partial charge on any atom is 0.387 e. The van der Waals surface area contributed by atoms with E-state index in [1.807, 2.05) is 27.7 Å². The zero-order valence-electron chi connectivity index (χ0n) is 16.7. The van der Waals surface area contributed by atoms with Crippen molar-refractivity contribution < 1.29 is 23.0 Å². The van der Waals surface area contributed by atoms with Crippen molar-refractivity contribution in [3.8, 4) is 5.75 Å². The van der Waals surface area contributed by atoms with Crippen molar-refractivity contribution in [2.24, 2.45) is 0 Å². The number of hydrogen-bond acceptors (Lipinski definition) is 5. The predicted molar refractivity (Wildman–Crippen MR) is 110 cm³/mol. The molecule has 162 valence electrons. The zero-order valence-corrected chi connectivity index (χ0v) is 17.5. The third-order valence-electron chi connectivity index (χ3n) is 5.89. The number of carbonyl (C=O) groups is 1. The molecule has 3 aromatic rings. The van der Waals surface area contributed by atoms with E-state index in [0.717, 1.165) is 22.4 Å². The molecule has 0 fully saturated rings. The summed E-state index contributed by atoms with van der Waals surface area (Å²) in [4.78, 5) is 19.1. The van der Waals surface area contributed by atoms with E-state index in [4.69, 9.17) is 26.1 Å². The van der Waals surface area contributed by atoms with Crippen LogP contribution in [0.25, 0.3) is 11.0 Å². The van der Waals surface area contributed by atoms with Gasteiger partial charge in [0.05, 0.1) is 36.3 Å². The Kier molecular flexibility index (Phi) is 5.06. The quantitative estimate of drug-likeness (QED) is 0.530. The lowest BCUT2D eigenvalue weighted by atomic mass is 9.98. The number of esters is 1. The summed E-state index contributed by atoms with van der Waals surface area (Å²) in [6, 6.07) is 10.1. The number of alkyl halides is 2.